The van der Waals surface area contributed by atoms with E-state index < -0.39 is 0 Å². The molecule has 1 aromatic rings. The van der Waals surface area contributed by atoms with E-state index in [4.69, 9.17) is 9.94 Å². The predicted molar refractivity (Wildman–Crippen MR) is 47.8 cm³/mol. The first-order valence-electron chi connectivity index (χ1n) is 4.13. The molecule has 6 nitrogen and oxygen atoms in total. The largest absolute Gasteiger partial charge is 0.466 e. The molecule has 14 heavy (non-hydrogen) atoms. The van der Waals surface area contributed by atoms with Gasteiger partial charge in [0.25, 0.3) is 0 Å². The van der Waals surface area contributed by atoms with Crippen LogP contribution in [0.4, 0.5) is 5.82 Å². The lowest BCUT2D eigenvalue weighted by molar-refractivity contribution is -0.142. The number of esters is 1. The van der Waals surface area contributed by atoms with Gasteiger partial charge in [0.15, 0.2) is 5.82 Å². The fraction of sp³-hybridized carbons (Fsp3) is 0.375. The van der Waals surface area contributed by atoms with Crippen molar-refractivity contribution in [3.05, 3.63) is 18.1 Å². The molecule has 1 rings (SSSR count). The van der Waals surface area contributed by atoms with Gasteiger partial charge < -0.3 is 4.74 Å². The lowest BCUT2D eigenvalue weighted by Crippen LogP contribution is -2.09. The molecule has 0 fully saturated rings. The van der Waals surface area contributed by atoms with Crippen molar-refractivity contribution >= 4 is 11.8 Å². The summed E-state index contributed by atoms with van der Waals surface area (Å²) in [7, 11) is 0. The van der Waals surface area contributed by atoms with Gasteiger partial charge in [0, 0.05) is 0 Å². The van der Waals surface area contributed by atoms with E-state index in [2.05, 4.69) is 9.97 Å². The number of anilines is 1. The Morgan fingerprint density at radius 2 is 2.36 bits per heavy atom. The second-order valence-electron chi connectivity index (χ2n) is 2.49. The van der Waals surface area contributed by atoms with E-state index >= 15 is 0 Å². The number of hydrogen-bond acceptors (Lipinski definition) is 6. The molecule has 0 aliphatic carbocycles. The monoisotopic (exact) mass is 197 g/mol. The molecule has 0 spiro atoms. The number of aromatic nitrogens is 2. The van der Waals surface area contributed by atoms with Gasteiger partial charge in [0.05, 0.1) is 31.1 Å². The third-order valence-corrected chi connectivity index (χ3v) is 1.45. The highest BCUT2D eigenvalue weighted by molar-refractivity contribution is 5.71. The van der Waals surface area contributed by atoms with E-state index in [0.29, 0.717) is 12.3 Å². The zero-order valence-corrected chi connectivity index (χ0v) is 7.73. The van der Waals surface area contributed by atoms with Crippen LogP contribution in [0.5, 0.6) is 0 Å². The molecule has 0 aromatic carbocycles. The Morgan fingerprint density at radius 3 is 2.86 bits per heavy atom. The topological polar surface area (TPSA) is 84.3 Å². The van der Waals surface area contributed by atoms with Gasteiger partial charge in [-0.25, -0.2) is 4.98 Å². The van der Waals surface area contributed by atoms with Crippen LogP contribution in [0.25, 0.3) is 0 Å². The van der Waals surface area contributed by atoms with Crippen LogP contribution in [0.2, 0.25) is 0 Å². The van der Waals surface area contributed by atoms with Gasteiger partial charge in [-0.3, -0.25) is 20.5 Å². The van der Waals surface area contributed by atoms with Gasteiger partial charge in [-0.2, -0.15) is 0 Å². The summed E-state index contributed by atoms with van der Waals surface area (Å²) in [6.45, 7) is 2.09. The minimum absolute atomic E-state index is 0.0898. The quantitative estimate of drug-likeness (QED) is 0.536. The van der Waals surface area contributed by atoms with Crippen LogP contribution >= 0.6 is 0 Å². The fourth-order valence-corrected chi connectivity index (χ4v) is 0.864. The summed E-state index contributed by atoms with van der Waals surface area (Å²) < 4.78 is 4.73. The summed E-state index contributed by atoms with van der Waals surface area (Å²) in [6, 6.07) is 0. The number of nitrogens with one attached hydrogen (secondary N) is 1. The Labute approximate surface area is 80.9 Å². The molecular formula is C8H11N3O3. The molecule has 0 atom stereocenters. The maximum atomic E-state index is 11.0. The van der Waals surface area contributed by atoms with Gasteiger partial charge in [-0.05, 0) is 6.92 Å². The molecule has 6 heteroatoms. The fourth-order valence-electron chi connectivity index (χ4n) is 0.864. The van der Waals surface area contributed by atoms with Crippen LogP contribution < -0.4 is 5.48 Å². The number of carbonyl (C=O) groups is 1. The third kappa shape index (κ3) is 2.98. The lowest BCUT2D eigenvalue weighted by atomic mass is 10.3. The summed E-state index contributed by atoms with van der Waals surface area (Å²) in [5.74, 6) is -0.107. The minimum atomic E-state index is -0.341. The van der Waals surface area contributed by atoms with E-state index in [1.807, 2.05) is 5.48 Å². The number of nitrogens with zero attached hydrogens (tertiary/aromatic N) is 2. The highest BCUT2D eigenvalue weighted by Crippen LogP contribution is 2.00. The van der Waals surface area contributed by atoms with Crippen molar-refractivity contribution in [2.45, 2.75) is 13.3 Å². The van der Waals surface area contributed by atoms with Crippen molar-refractivity contribution in [2.24, 2.45) is 0 Å². The highest BCUT2D eigenvalue weighted by atomic mass is 16.5. The molecule has 0 aliphatic rings. The van der Waals surface area contributed by atoms with Crippen molar-refractivity contribution in [1.29, 1.82) is 0 Å². The van der Waals surface area contributed by atoms with Crippen LogP contribution in [0.1, 0.15) is 12.6 Å². The summed E-state index contributed by atoms with van der Waals surface area (Å²) >= 11 is 0. The Hall–Kier alpha value is -1.69. The van der Waals surface area contributed by atoms with Crippen LogP contribution in [0.3, 0.4) is 0 Å². The van der Waals surface area contributed by atoms with E-state index in [-0.39, 0.29) is 18.2 Å². The Kier molecular flexibility index (Phi) is 3.81. The average molecular weight is 197 g/mol. The summed E-state index contributed by atoms with van der Waals surface area (Å²) in [5, 5.41) is 8.45. The summed E-state index contributed by atoms with van der Waals surface area (Å²) in [6.07, 6.45) is 2.82. The van der Waals surface area contributed by atoms with Crippen LogP contribution in [0, 0.1) is 0 Å². The molecule has 0 aliphatic heterocycles. The predicted octanol–water partition coefficient (Wildman–Crippen LogP) is 0.383. The molecule has 1 heterocycles. The lowest BCUT2D eigenvalue weighted by Gasteiger charge is -2.01. The van der Waals surface area contributed by atoms with Crippen molar-refractivity contribution in [2.75, 3.05) is 12.1 Å². The van der Waals surface area contributed by atoms with Crippen molar-refractivity contribution < 1.29 is 14.7 Å². The molecule has 76 valence electrons. The third-order valence-electron chi connectivity index (χ3n) is 1.45. The zero-order chi connectivity index (χ0) is 10.4. The normalized spacial score (nSPS) is 9.57. The smallest absolute Gasteiger partial charge is 0.311 e. The van der Waals surface area contributed by atoms with Crippen LogP contribution in [-0.4, -0.2) is 27.8 Å². The Morgan fingerprint density at radius 1 is 1.57 bits per heavy atom. The molecule has 1 aromatic heterocycles. The molecule has 0 amide bonds. The second kappa shape index (κ2) is 5.13. The Bertz CT molecular complexity index is 299. The van der Waals surface area contributed by atoms with E-state index in [0.717, 1.165) is 0 Å². The van der Waals surface area contributed by atoms with Crippen LogP contribution in [0.15, 0.2) is 12.4 Å². The van der Waals surface area contributed by atoms with Gasteiger partial charge in [0.2, 0.25) is 0 Å². The summed E-state index contributed by atoms with van der Waals surface area (Å²) in [4.78, 5) is 18.7. The van der Waals surface area contributed by atoms with Gasteiger partial charge in [-0.15, -0.1) is 0 Å². The van der Waals surface area contributed by atoms with Gasteiger partial charge >= 0.3 is 5.97 Å². The number of rotatable bonds is 4. The maximum Gasteiger partial charge on any atom is 0.311 e. The molecule has 0 radical (unpaired) electrons. The van der Waals surface area contributed by atoms with E-state index in [1.165, 1.54) is 12.4 Å². The zero-order valence-electron chi connectivity index (χ0n) is 7.73. The van der Waals surface area contributed by atoms with Gasteiger partial charge in [0.1, 0.15) is 0 Å². The van der Waals surface area contributed by atoms with E-state index in [9.17, 15) is 4.79 Å². The number of ether oxygens (including phenoxy) is 1. The number of carbonyl (C=O) groups excluding carboxylic acids is 1. The first kappa shape index (κ1) is 10.4. The number of hydrogen-bond donors (Lipinski definition) is 2. The second-order valence-corrected chi connectivity index (χ2v) is 2.49. The highest BCUT2D eigenvalue weighted by Gasteiger charge is 2.05. The average Bonchev–Trinajstić information content (AvgIpc) is 2.19. The first-order valence-corrected chi connectivity index (χ1v) is 4.13. The van der Waals surface area contributed by atoms with Crippen molar-refractivity contribution in [3.63, 3.8) is 0 Å². The minimum Gasteiger partial charge on any atom is -0.466 e. The standard InChI is InChI=1S/C8H11N3O3/c1-2-14-8(12)3-6-4-10-7(11-13)5-9-6/h4-5,13H,2-3H2,1H3,(H,10,11). The SMILES string of the molecule is CCOC(=O)Cc1cnc(NO)cn1. The molecule has 2 N–H and O–H groups in total. The van der Waals surface area contributed by atoms with E-state index in [1.54, 1.807) is 6.92 Å². The first-order chi connectivity index (χ1) is 6.76. The molecule has 0 unspecified atom stereocenters. The molecule has 0 saturated carbocycles. The Balaban J connectivity index is 2.55. The van der Waals surface area contributed by atoms with Crippen molar-refractivity contribution in [3.8, 4) is 0 Å². The van der Waals surface area contributed by atoms with Crippen molar-refractivity contribution in [1.82, 2.24) is 9.97 Å². The molecule has 0 saturated heterocycles. The summed E-state index contributed by atoms with van der Waals surface area (Å²) in [5.41, 5.74) is 2.35. The maximum absolute atomic E-state index is 11.0. The van der Waals surface area contributed by atoms with Crippen LogP contribution in [-0.2, 0) is 16.0 Å². The molecule has 0 bridgehead atoms. The molecular weight excluding hydrogens is 186 g/mol. The van der Waals surface area contributed by atoms with Gasteiger partial charge in [-0.1, -0.05) is 0 Å².